The Morgan fingerprint density at radius 2 is 1.48 bits per heavy atom. The van der Waals surface area contributed by atoms with Gasteiger partial charge in [-0.3, -0.25) is 4.79 Å². The predicted molar refractivity (Wildman–Crippen MR) is 87.4 cm³/mol. The lowest BCUT2D eigenvalue weighted by atomic mass is 9.56. The fourth-order valence-electron chi connectivity index (χ4n) is 2.89. The van der Waals surface area contributed by atoms with Crippen LogP contribution in [-0.2, 0) is 5.41 Å². The predicted octanol–water partition coefficient (Wildman–Crippen LogP) is 5.16. The molecule has 0 radical (unpaired) electrons. The van der Waals surface area contributed by atoms with Crippen molar-refractivity contribution in [3.05, 3.63) is 83.8 Å². The fourth-order valence-corrected chi connectivity index (χ4v) is 2.89. The van der Waals surface area contributed by atoms with Crippen LogP contribution in [-0.4, -0.2) is 12.8 Å². The molecule has 0 aliphatic carbocycles. The van der Waals surface area contributed by atoms with Crippen LogP contribution in [0.3, 0.4) is 0 Å². The molecule has 0 N–H and O–H groups in total. The lowest BCUT2D eigenvalue weighted by molar-refractivity contribution is 0.0906. The number of carbonyl (C=O) groups excluding carboxylic acids is 1. The average Bonchev–Trinajstić information content (AvgIpc) is 2.56. The molecule has 2 aromatic carbocycles. The summed E-state index contributed by atoms with van der Waals surface area (Å²) in [6, 6.07) is 16.1. The summed E-state index contributed by atoms with van der Waals surface area (Å²) in [5.41, 5.74) is -2.19. The molecule has 0 amide bonds. The largest absolute Gasteiger partial charge is 0.506 e. The van der Waals surface area contributed by atoms with E-state index in [1.54, 1.807) is 55.5 Å². The van der Waals surface area contributed by atoms with Crippen LogP contribution in [0.15, 0.2) is 72.7 Å². The Hall–Kier alpha value is -2.30. The summed E-state index contributed by atoms with van der Waals surface area (Å²) in [7, 11) is 0. The molecule has 0 bridgehead atoms. The highest BCUT2D eigenvalue weighted by atomic mass is 19.4. The minimum Gasteiger partial charge on any atom is -0.445 e. The summed E-state index contributed by atoms with van der Waals surface area (Å²) in [6.07, 6.45) is -0.00909. The van der Waals surface area contributed by atoms with E-state index in [0.29, 0.717) is 5.56 Å². The van der Waals surface area contributed by atoms with Crippen molar-refractivity contribution < 1.29 is 17.7 Å². The third-order valence-electron chi connectivity index (χ3n) is 4.16. The summed E-state index contributed by atoms with van der Waals surface area (Å²) in [5, 5.41) is 0. The van der Waals surface area contributed by atoms with Crippen LogP contribution < -0.4 is 0 Å². The smallest absolute Gasteiger partial charge is 0.445 e. The topological polar surface area (TPSA) is 17.1 Å². The number of halogens is 3. The van der Waals surface area contributed by atoms with E-state index >= 15 is 0 Å². The molecule has 0 spiro atoms. The number of rotatable bonds is 6. The molecule has 0 aliphatic heterocycles. The van der Waals surface area contributed by atoms with Gasteiger partial charge in [0.05, 0.1) is 5.41 Å². The van der Waals surface area contributed by atoms with Crippen molar-refractivity contribution in [3.63, 3.8) is 0 Å². The Bertz CT molecular complexity index is 695. The monoisotopic (exact) mass is 317 g/mol. The van der Waals surface area contributed by atoms with Gasteiger partial charge >= 0.3 is 6.98 Å². The standard InChI is InChI=1S/C18H17BF3O/c1-3-18(14(2)19(20,21)22,16-12-8-5-9-13-16)17(23)15-10-6-4-7-11-15/h4-13H,2-3H2,1H3/q-1/t18-/m1/s1. The quantitative estimate of drug-likeness (QED) is 0.531. The Labute approximate surface area is 133 Å². The van der Waals surface area contributed by atoms with E-state index in [-0.39, 0.29) is 12.0 Å². The molecule has 0 saturated carbocycles. The lowest BCUT2D eigenvalue weighted by Crippen LogP contribution is -2.44. The Morgan fingerprint density at radius 3 is 1.91 bits per heavy atom. The van der Waals surface area contributed by atoms with Crippen molar-refractivity contribution in [2.75, 3.05) is 0 Å². The van der Waals surface area contributed by atoms with Gasteiger partial charge < -0.3 is 12.9 Å². The van der Waals surface area contributed by atoms with Crippen molar-refractivity contribution in [2.45, 2.75) is 18.8 Å². The number of benzene rings is 2. The molecule has 0 fully saturated rings. The van der Waals surface area contributed by atoms with Crippen LogP contribution in [0.5, 0.6) is 0 Å². The molecule has 120 valence electrons. The van der Waals surface area contributed by atoms with E-state index in [9.17, 15) is 17.7 Å². The SMILES string of the molecule is C=C([B-](F)(F)F)[C@@](CC)(C(=O)c1ccccc1)c1ccccc1. The number of carbonyl (C=O) groups is 1. The molecule has 5 heteroatoms. The molecule has 23 heavy (non-hydrogen) atoms. The van der Waals surface area contributed by atoms with Gasteiger partial charge in [0.15, 0.2) is 5.78 Å². The summed E-state index contributed by atoms with van der Waals surface area (Å²) in [6.45, 7) is -0.498. The zero-order valence-corrected chi connectivity index (χ0v) is 12.8. The normalized spacial score (nSPS) is 14.1. The average molecular weight is 317 g/mol. The second-order valence-corrected chi connectivity index (χ2v) is 5.42. The number of Topliss-reactive ketones (excluding diaryl/α,β-unsaturated/α-hetero) is 1. The first-order valence-corrected chi connectivity index (χ1v) is 7.38. The molecule has 0 aromatic heterocycles. The minimum atomic E-state index is -5.36. The van der Waals surface area contributed by atoms with E-state index in [4.69, 9.17) is 0 Å². The Balaban J connectivity index is 2.69. The molecule has 2 rings (SSSR count). The van der Waals surface area contributed by atoms with Gasteiger partial charge in [0, 0.05) is 5.56 Å². The van der Waals surface area contributed by atoms with Gasteiger partial charge in [0.2, 0.25) is 0 Å². The van der Waals surface area contributed by atoms with Crippen LogP contribution >= 0.6 is 0 Å². The highest BCUT2D eigenvalue weighted by Crippen LogP contribution is 2.43. The Kier molecular flexibility index (Phi) is 4.78. The summed E-state index contributed by atoms with van der Waals surface area (Å²) < 4.78 is 40.5. The fraction of sp³-hybridized carbons (Fsp3) is 0.167. The van der Waals surface area contributed by atoms with Gasteiger partial charge in [-0.2, -0.15) is 0 Å². The van der Waals surface area contributed by atoms with Crippen molar-refractivity contribution in [2.24, 2.45) is 0 Å². The third-order valence-corrected chi connectivity index (χ3v) is 4.16. The molecule has 0 heterocycles. The number of hydrogen-bond donors (Lipinski definition) is 0. The molecule has 0 aliphatic rings. The number of hydrogen-bond acceptors (Lipinski definition) is 1. The van der Waals surface area contributed by atoms with Gasteiger partial charge in [-0.15, -0.1) is 12.1 Å². The van der Waals surface area contributed by atoms with Crippen molar-refractivity contribution >= 4 is 12.8 Å². The molecule has 2 aromatic rings. The minimum absolute atomic E-state index is 0.00909. The highest BCUT2D eigenvalue weighted by Gasteiger charge is 2.47. The molecule has 0 unspecified atom stereocenters. The number of ketones is 1. The van der Waals surface area contributed by atoms with E-state index in [2.05, 4.69) is 6.58 Å². The lowest BCUT2D eigenvalue weighted by Gasteiger charge is -2.39. The maximum Gasteiger partial charge on any atom is 0.506 e. The second kappa shape index (κ2) is 6.45. The van der Waals surface area contributed by atoms with Crippen molar-refractivity contribution in [1.29, 1.82) is 0 Å². The first-order valence-electron chi connectivity index (χ1n) is 7.38. The first-order chi connectivity index (χ1) is 10.8. The van der Waals surface area contributed by atoms with Gasteiger partial charge in [-0.05, 0) is 12.0 Å². The van der Waals surface area contributed by atoms with Crippen molar-refractivity contribution in [3.8, 4) is 0 Å². The molecular formula is C18H17BF3O-. The van der Waals surface area contributed by atoms with Crippen LogP contribution in [0.2, 0.25) is 0 Å². The van der Waals surface area contributed by atoms with Gasteiger partial charge in [0.1, 0.15) is 0 Å². The maximum absolute atomic E-state index is 13.5. The van der Waals surface area contributed by atoms with Crippen LogP contribution in [0.1, 0.15) is 29.3 Å². The molecule has 0 saturated heterocycles. The van der Waals surface area contributed by atoms with Crippen LogP contribution in [0.4, 0.5) is 12.9 Å². The van der Waals surface area contributed by atoms with E-state index in [0.717, 1.165) is 0 Å². The molecule has 1 nitrogen and oxygen atoms in total. The van der Waals surface area contributed by atoms with Crippen molar-refractivity contribution in [1.82, 2.24) is 0 Å². The third kappa shape index (κ3) is 3.09. The van der Waals surface area contributed by atoms with Gasteiger partial charge in [-0.25, -0.2) is 0 Å². The Morgan fingerprint density at radius 1 is 1.00 bits per heavy atom. The first kappa shape index (κ1) is 17.1. The highest BCUT2D eigenvalue weighted by molar-refractivity contribution is 6.68. The molecular weight excluding hydrogens is 300 g/mol. The second-order valence-electron chi connectivity index (χ2n) is 5.42. The zero-order valence-electron chi connectivity index (χ0n) is 12.8. The van der Waals surface area contributed by atoms with E-state index in [1.807, 2.05) is 0 Å². The van der Waals surface area contributed by atoms with Crippen LogP contribution in [0, 0.1) is 0 Å². The number of allylic oxidation sites excluding steroid dienone is 1. The summed E-state index contributed by atoms with van der Waals surface area (Å²) in [5.74, 6) is -0.573. The zero-order chi connectivity index (χ0) is 17.1. The van der Waals surface area contributed by atoms with Gasteiger partial charge in [-0.1, -0.05) is 67.6 Å². The van der Waals surface area contributed by atoms with E-state index < -0.39 is 23.6 Å². The van der Waals surface area contributed by atoms with Crippen LogP contribution in [0.25, 0.3) is 0 Å². The summed E-state index contributed by atoms with van der Waals surface area (Å²) >= 11 is 0. The molecule has 1 atom stereocenters. The maximum atomic E-state index is 13.5. The summed E-state index contributed by atoms with van der Waals surface area (Å²) in [4.78, 5) is 13.0. The van der Waals surface area contributed by atoms with Gasteiger partial charge in [0.25, 0.3) is 0 Å². The van der Waals surface area contributed by atoms with E-state index in [1.165, 1.54) is 12.1 Å².